The minimum atomic E-state index is -0.352. The third-order valence-corrected chi connectivity index (χ3v) is 3.60. The van der Waals surface area contributed by atoms with Crippen molar-refractivity contribution >= 4 is 5.91 Å². The standard InChI is InChI=1S/C15H18N2O/c1-2-14(10-16)17-15(18)13-8-7-11-5-3-4-6-12(11)9-13/h3-6,13-14H,2,7-9H2,1H3,(H,17,18). The molecule has 1 amide bonds. The van der Waals surface area contributed by atoms with Gasteiger partial charge in [0.25, 0.3) is 0 Å². The Balaban J connectivity index is 2.01. The Morgan fingerprint density at radius 3 is 2.89 bits per heavy atom. The third-order valence-electron chi connectivity index (χ3n) is 3.60. The lowest BCUT2D eigenvalue weighted by Crippen LogP contribution is -2.39. The first-order valence-corrected chi connectivity index (χ1v) is 6.51. The van der Waals surface area contributed by atoms with Crippen LogP contribution in [0.25, 0.3) is 0 Å². The van der Waals surface area contributed by atoms with Gasteiger partial charge in [0.05, 0.1) is 6.07 Å². The minimum absolute atomic E-state index is 0.0160. The van der Waals surface area contributed by atoms with Gasteiger partial charge in [-0.1, -0.05) is 31.2 Å². The summed E-state index contributed by atoms with van der Waals surface area (Å²) in [7, 11) is 0. The van der Waals surface area contributed by atoms with Gasteiger partial charge < -0.3 is 5.32 Å². The average molecular weight is 242 g/mol. The van der Waals surface area contributed by atoms with Crippen LogP contribution in [0.4, 0.5) is 0 Å². The molecule has 0 aromatic heterocycles. The third kappa shape index (κ3) is 2.70. The van der Waals surface area contributed by atoms with E-state index in [2.05, 4.69) is 23.5 Å². The summed E-state index contributed by atoms with van der Waals surface area (Å²) in [6.45, 7) is 1.91. The molecule has 1 aliphatic rings. The highest BCUT2D eigenvalue weighted by atomic mass is 16.1. The Bertz CT molecular complexity index is 476. The Morgan fingerprint density at radius 1 is 1.50 bits per heavy atom. The molecule has 0 heterocycles. The SMILES string of the molecule is CCC(C#N)NC(=O)C1CCc2ccccc2C1. The van der Waals surface area contributed by atoms with Gasteiger partial charge >= 0.3 is 0 Å². The van der Waals surface area contributed by atoms with Crippen LogP contribution in [0.5, 0.6) is 0 Å². The molecule has 1 aromatic carbocycles. The normalized spacial score (nSPS) is 19.4. The molecule has 1 aromatic rings. The molecular formula is C15H18N2O. The van der Waals surface area contributed by atoms with Crippen molar-refractivity contribution in [2.24, 2.45) is 5.92 Å². The molecule has 1 aliphatic carbocycles. The molecule has 0 saturated carbocycles. The molecule has 2 unspecified atom stereocenters. The van der Waals surface area contributed by atoms with E-state index in [0.29, 0.717) is 6.42 Å². The zero-order valence-corrected chi connectivity index (χ0v) is 10.6. The summed E-state index contributed by atoms with van der Waals surface area (Å²) in [5.41, 5.74) is 2.63. The molecule has 18 heavy (non-hydrogen) atoms. The van der Waals surface area contributed by atoms with Crippen LogP contribution >= 0.6 is 0 Å². The maximum absolute atomic E-state index is 12.1. The fourth-order valence-electron chi connectivity index (χ4n) is 2.44. The number of nitrogens with zero attached hydrogens (tertiary/aromatic N) is 1. The fraction of sp³-hybridized carbons (Fsp3) is 0.467. The minimum Gasteiger partial charge on any atom is -0.340 e. The molecule has 3 nitrogen and oxygen atoms in total. The maximum atomic E-state index is 12.1. The van der Waals surface area contributed by atoms with Crippen molar-refractivity contribution in [3.63, 3.8) is 0 Å². The highest BCUT2D eigenvalue weighted by Crippen LogP contribution is 2.25. The smallest absolute Gasteiger partial charge is 0.224 e. The number of benzene rings is 1. The first-order valence-electron chi connectivity index (χ1n) is 6.51. The molecule has 0 bridgehead atoms. The number of amides is 1. The van der Waals surface area contributed by atoms with E-state index in [0.717, 1.165) is 19.3 Å². The number of hydrogen-bond acceptors (Lipinski definition) is 2. The van der Waals surface area contributed by atoms with Crippen LogP contribution < -0.4 is 5.32 Å². The first kappa shape index (κ1) is 12.6. The van der Waals surface area contributed by atoms with Crippen molar-refractivity contribution in [1.29, 1.82) is 5.26 Å². The van der Waals surface area contributed by atoms with Crippen LogP contribution in [0.3, 0.4) is 0 Å². The molecule has 3 heteroatoms. The largest absolute Gasteiger partial charge is 0.340 e. The van der Waals surface area contributed by atoms with Gasteiger partial charge in [-0.15, -0.1) is 0 Å². The van der Waals surface area contributed by atoms with E-state index in [9.17, 15) is 4.79 Å². The summed E-state index contributed by atoms with van der Waals surface area (Å²) >= 11 is 0. The summed E-state index contributed by atoms with van der Waals surface area (Å²) < 4.78 is 0. The summed E-state index contributed by atoms with van der Waals surface area (Å²) in [6, 6.07) is 10.0. The number of nitriles is 1. The van der Waals surface area contributed by atoms with Crippen LogP contribution in [0.2, 0.25) is 0 Å². The Hall–Kier alpha value is -1.82. The van der Waals surface area contributed by atoms with E-state index in [1.54, 1.807) is 0 Å². The topological polar surface area (TPSA) is 52.9 Å². The number of rotatable bonds is 3. The van der Waals surface area contributed by atoms with Crippen LogP contribution in [0.1, 0.15) is 30.9 Å². The number of aryl methyl sites for hydroxylation is 1. The molecule has 0 aliphatic heterocycles. The lowest BCUT2D eigenvalue weighted by molar-refractivity contribution is -0.125. The summed E-state index contributed by atoms with van der Waals surface area (Å²) in [4.78, 5) is 12.1. The number of fused-ring (bicyclic) bond motifs is 1. The van der Waals surface area contributed by atoms with Crippen molar-refractivity contribution in [2.75, 3.05) is 0 Å². The van der Waals surface area contributed by atoms with Gasteiger partial charge in [0.1, 0.15) is 6.04 Å². The fourth-order valence-corrected chi connectivity index (χ4v) is 2.44. The van der Waals surface area contributed by atoms with Gasteiger partial charge in [-0.3, -0.25) is 4.79 Å². The van der Waals surface area contributed by atoms with Crippen LogP contribution in [-0.4, -0.2) is 11.9 Å². The van der Waals surface area contributed by atoms with E-state index >= 15 is 0 Å². The van der Waals surface area contributed by atoms with Crippen molar-refractivity contribution in [1.82, 2.24) is 5.32 Å². The molecule has 0 radical (unpaired) electrons. The highest BCUT2D eigenvalue weighted by molar-refractivity contribution is 5.80. The highest BCUT2D eigenvalue weighted by Gasteiger charge is 2.25. The second-order valence-corrected chi connectivity index (χ2v) is 4.81. The molecule has 0 saturated heterocycles. The Labute approximate surface area is 108 Å². The van der Waals surface area contributed by atoms with Crippen molar-refractivity contribution < 1.29 is 4.79 Å². The predicted molar refractivity (Wildman–Crippen MR) is 69.8 cm³/mol. The summed E-state index contributed by atoms with van der Waals surface area (Å²) in [5, 5.41) is 11.7. The molecule has 1 N–H and O–H groups in total. The molecule has 0 fully saturated rings. The Kier molecular flexibility index (Phi) is 3.99. The number of hydrogen-bond donors (Lipinski definition) is 1. The van der Waals surface area contributed by atoms with Gasteiger partial charge in [-0.2, -0.15) is 5.26 Å². The van der Waals surface area contributed by atoms with E-state index in [4.69, 9.17) is 5.26 Å². The zero-order valence-electron chi connectivity index (χ0n) is 10.6. The van der Waals surface area contributed by atoms with E-state index in [1.807, 2.05) is 19.1 Å². The average Bonchev–Trinajstić information content (AvgIpc) is 2.44. The van der Waals surface area contributed by atoms with Crippen LogP contribution in [-0.2, 0) is 17.6 Å². The van der Waals surface area contributed by atoms with Gasteiger partial charge in [-0.05, 0) is 36.8 Å². The van der Waals surface area contributed by atoms with Crippen LogP contribution in [0, 0.1) is 17.2 Å². The maximum Gasteiger partial charge on any atom is 0.224 e. The molecule has 2 atom stereocenters. The van der Waals surface area contributed by atoms with E-state index < -0.39 is 0 Å². The lowest BCUT2D eigenvalue weighted by atomic mass is 9.83. The molecular weight excluding hydrogens is 224 g/mol. The molecule has 2 rings (SSSR count). The van der Waals surface area contributed by atoms with E-state index in [-0.39, 0.29) is 17.9 Å². The number of carbonyl (C=O) groups is 1. The zero-order chi connectivity index (χ0) is 13.0. The second kappa shape index (κ2) is 5.68. The first-order chi connectivity index (χ1) is 8.74. The van der Waals surface area contributed by atoms with Gasteiger partial charge in [0, 0.05) is 5.92 Å². The van der Waals surface area contributed by atoms with E-state index in [1.165, 1.54) is 11.1 Å². The Morgan fingerprint density at radius 2 is 2.22 bits per heavy atom. The summed E-state index contributed by atoms with van der Waals surface area (Å²) in [6.07, 6.45) is 3.29. The number of nitrogens with one attached hydrogen (secondary N) is 1. The van der Waals surface area contributed by atoms with Crippen molar-refractivity contribution in [3.05, 3.63) is 35.4 Å². The quantitative estimate of drug-likeness (QED) is 0.883. The monoisotopic (exact) mass is 242 g/mol. The predicted octanol–water partition coefficient (Wildman–Crippen LogP) is 2.21. The van der Waals surface area contributed by atoms with Gasteiger partial charge in [0.15, 0.2) is 0 Å². The van der Waals surface area contributed by atoms with Crippen molar-refractivity contribution in [2.45, 2.75) is 38.6 Å². The second-order valence-electron chi connectivity index (χ2n) is 4.81. The van der Waals surface area contributed by atoms with Crippen LogP contribution in [0.15, 0.2) is 24.3 Å². The lowest BCUT2D eigenvalue weighted by Gasteiger charge is -2.24. The van der Waals surface area contributed by atoms with Gasteiger partial charge in [0.2, 0.25) is 5.91 Å². The summed E-state index contributed by atoms with van der Waals surface area (Å²) in [5.74, 6) is 0.0419. The van der Waals surface area contributed by atoms with Gasteiger partial charge in [-0.25, -0.2) is 0 Å². The van der Waals surface area contributed by atoms with Crippen molar-refractivity contribution in [3.8, 4) is 6.07 Å². The number of carbonyl (C=O) groups excluding carboxylic acids is 1. The molecule has 0 spiro atoms. The molecule has 94 valence electrons.